The van der Waals surface area contributed by atoms with Crippen LogP contribution in [0.1, 0.15) is 24.1 Å². The number of hydrogen-bond donors (Lipinski definition) is 1. The molecule has 0 bridgehead atoms. The molecule has 1 heterocycles. The van der Waals surface area contributed by atoms with Gasteiger partial charge in [-0.1, -0.05) is 30.3 Å². The fourth-order valence-electron chi connectivity index (χ4n) is 3.21. The van der Waals surface area contributed by atoms with Crippen molar-refractivity contribution in [1.29, 1.82) is 0 Å². The topological polar surface area (TPSA) is 79.4 Å². The monoisotopic (exact) mass is 380 g/mol. The lowest BCUT2D eigenvalue weighted by Gasteiger charge is -2.20. The molecule has 4 rings (SSSR count). The highest BCUT2D eigenvalue weighted by atomic mass is 16.5. The Kier molecular flexibility index (Phi) is 4.97. The minimum atomic E-state index is -0.478. The van der Waals surface area contributed by atoms with Gasteiger partial charge in [0, 0.05) is 18.2 Å². The molecule has 3 aromatic rings. The van der Waals surface area contributed by atoms with Crippen LogP contribution >= 0.6 is 0 Å². The maximum Gasteiger partial charge on any atom is 0.432 e. The highest BCUT2D eigenvalue weighted by Crippen LogP contribution is 2.28. The summed E-state index contributed by atoms with van der Waals surface area (Å²) in [6.45, 7) is 0.203. The summed E-state index contributed by atoms with van der Waals surface area (Å²) in [5.41, 5.74) is 1.60. The number of carbonyl (C=O) groups excluding carboxylic acids is 1. The molecule has 0 atom stereocenters. The molecule has 0 unspecified atom stereocenters. The van der Waals surface area contributed by atoms with Crippen LogP contribution in [-0.2, 0) is 17.8 Å². The molecule has 1 N–H and O–H groups in total. The number of H-pyrrole nitrogens is 1. The van der Waals surface area contributed by atoms with Crippen molar-refractivity contribution in [3.8, 4) is 11.4 Å². The van der Waals surface area contributed by atoms with Crippen LogP contribution in [0.15, 0.2) is 63.9 Å². The van der Waals surface area contributed by atoms with Gasteiger partial charge in [-0.3, -0.25) is 9.32 Å². The van der Waals surface area contributed by atoms with Crippen molar-refractivity contribution in [2.75, 3.05) is 7.11 Å². The second-order valence-corrected chi connectivity index (χ2v) is 6.88. The van der Waals surface area contributed by atoms with E-state index < -0.39 is 5.63 Å². The summed E-state index contributed by atoms with van der Waals surface area (Å²) >= 11 is 0. The number of rotatable bonds is 7. The fourth-order valence-corrected chi connectivity index (χ4v) is 3.21. The van der Waals surface area contributed by atoms with Gasteiger partial charge in [0.1, 0.15) is 12.3 Å². The molecule has 1 fully saturated rings. The van der Waals surface area contributed by atoms with Gasteiger partial charge < -0.3 is 9.64 Å². The molecule has 1 aliphatic rings. The fraction of sp³-hybridized carbons (Fsp3) is 0.286. The number of aromatic amines is 1. The Labute approximate surface area is 162 Å². The minimum Gasteiger partial charge on any atom is -0.497 e. The lowest BCUT2D eigenvalue weighted by molar-refractivity contribution is -0.678. The van der Waals surface area contributed by atoms with E-state index in [2.05, 4.69) is 5.27 Å². The van der Waals surface area contributed by atoms with Crippen LogP contribution in [0.4, 0.5) is 0 Å². The summed E-state index contributed by atoms with van der Waals surface area (Å²) in [5.74, 6) is 0.727. The smallest absolute Gasteiger partial charge is 0.432 e. The van der Waals surface area contributed by atoms with Crippen molar-refractivity contribution in [1.82, 2.24) is 10.2 Å². The quantitative estimate of drug-likeness (QED) is 0.636. The first-order chi connectivity index (χ1) is 13.7. The third kappa shape index (κ3) is 3.83. The first-order valence-electron chi connectivity index (χ1n) is 9.26. The number of amides is 1. The van der Waals surface area contributed by atoms with Gasteiger partial charge in [0.2, 0.25) is 11.6 Å². The van der Waals surface area contributed by atoms with Crippen LogP contribution in [0.3, 0.4) is 0 Å². The Hall–Kier alpha value is -3.35. The lowest BCUT2D eigenvalue weighted by atomic mass is 10.1. The molecule has 28 heavy (non-hydrogen) atoms. The van der Waals surface area contributed by atoms with Crippen LogP contribution in [0.25, 0.3) is 5.69 Å². The average molecular weight is 380 g/mol. The van der Waals surface area contributed by atoms with Crippen molar-refractivity contribution in [3.63, 3.8) is 0 Å². The maximum absolute atomic E-state index is 12.9. The zero-order valence-electron chi connectivity index (χ0n) is 15.6. The molecule has 1 amide bonds. The summed E-state index contributed by atoms with van der Waals surface area (Å²) < 4.78 is 11.8. The molecule has 1 aromatic heterocycles. The molecule has 144 valence electrons. The van der Waals surface area contributed by atoms with E-state index in [1.807, 2.05) is 42.5 Å². The SMILES string of the molecule is COc1ccc(-[n+]2[nH]oc(=O)c2CN(C(=O)Cc2ccccc2)C2CC2)cc1. The number of benzene rings is 2. The van der Waals surface area contributed by atoms with E-state index >= 15 is 0 Å². The van der Waals surface area contributed by atoms with Crippen LogP contribution < -0.4 is 15.0 Å². The van der Waals surface area contributed by atoms with Crippen LogP contribution in [0, 0.1) is 0 Å². The van der Waals surface area contributed by atoms with Crippen LogP contribution in [0.5, 0.6) is 5.75 Å². The molecule has 1 aliphatic carbocycles. The molecular weight excluding hydrogens is 358 g/mol. The van der Waals surface area contributed by atoms with Crippen molar-refractivity contribution in [2.45, 2.75) is 31.8 Å². The van der Waals surface area contributed by atoms with Gasteiger partial charge in [0.15, 0.2) is 0 Å². The molecular formula is C21H22N3O4+. The predicted molar refractivity (Wildman–Crippen MR) is 101 cm³/mol. The average Bonchev–Trinajstić information content (AvgIpc) is 3.50. The number of carbonyl (C=O) groups is 1. The third-order valence-corrected chi connectivity index (χ3v) is 4.89. The van der Waals surface area contributed by atoms with Gasteiger partial charge in [0.25, 0.3) is 0 Å². The van der Waals surface area contributed by atoms with E-state index in [9.17, 15) is 9.59 Å². The van der Waals surface area contributed by atoms with Crippen LogP contribution in [-0.4, -0.2) is 29.2 Å². The van der Waals surface area contributed by atoms with Gasteiger partial charge in [-0.15, -0.1) is 0 Å². The molecule has 7 nitrogen and oxygen atoms in total. The second-order valence-electron chi connectivity index (χ2n) is 6.88. The van der Waals surface area contributed by atoms with E-state index in [0.29, 0.717) is 12.1 Å². The molecule has 7 heteroatoms. The van der Waals surface area contributed by atoms with E-state index in [1.54, 1.807) is 28.8 Å². The van der Waals surface area contributed by atoms with Gasteiger partial charge in [-0.05, 0) is 40.5 Å². The summed E-state index contributed by atoms with van der Waals surface area (Å²) in [6, 6.07) is 17.1. The van der Waals surface area contributed by atoms with Crippen molar-refractivity contribution >= 4 is 5.91 Å². The summed E-state index contributed by atoms with van der Waals surface area (Å²) in [5, 5.41) is 2.63. The molecule has 0 aliphatic heterocycles. The van der Waals surface area contributed by atoms with Gasteiger partial charge >= 0.3 is 11.3 Å². The number of nitrogens with one attached hydrogen (secondary N) is 1. The zero-order valence-corrected chi connectivity index (χ0v) is 15.6. The predicted octanol–water partition coefficient (Wildman–Crippen LogP) is 1.99. The number of nitrogens with zero attached hydrogens (tertiary/aromatic N) is 2. The standard InChI is InChI=1S/C21H21N3O4/c1-27-18-11-9-17(10-12-18)24-19(21(26)28-22-24)14-23(16-7-8-16)20(25)13-15-5-3-2-4-6-15/h2-6,9-12,16H,7-8,13-14H2,1H3/p+1. The highest BCUT2D eigenvalue weighted by molar-refractivity contribution is 5.79. The largest absolute Gasteiger partial charge is 0.497 e. The Morgan fingerprint density at radius 1 is 1.18 bits per heavy atom. The lowest BCUT2D eigenvalue weighted by Crippen LogP contribution is -2.44. The maximum atomic E-state index is 12.9. The Morgan fingerprint density at radius 2 is 1.89 bits per heavy atom. The van der Waals surface area contributed by atoms with Gasteiger partial charge in [0.05, 0.1) is 13.5 Å². The number of aromatic nitrogens is 2. The van der Waals surface area contributed by atoms with Crippen molar-refractivity contribution in [2.24, 2.45) is 0 Å². The van der Waals surface area contributed by atoms with E-state index in [1.165, 1.54) is 0 Å². The first-order valence-corrected chi connectivity index (χ1v) is 9.26. The van der Waals surface area contributed by atoms with Gasteiger partial charge in [-0.25, -0.2) is 4.79 Å². The van der Waals surface area contributed by atoms with Crippen molar-refractivity contribution in [3.05, 3.63) is 76.3 Å². The molecule has 0 saturated heterocycles. The normalized spacial score (nSPS) is 13.3. The highest BCUT2D eigenvalue weighted by Gasteiger charge is 2.36. The summed E-state index contributed by atoms with van der Waals surface area (Å²) in [7, 11) is 1.60. The Balaban J connectivity index is 1.58. The zero-order chi connectivity index (χ0) is 19.5. The minimum absolute atomic E-state index is 0.00980. The van der Waals surface area contributed by atoms with Gasteiger partial charge in [-0.2, -0.15) is 0 Å². The molecule has 1 saturated carbocycles. The molecule has 0 radical (unpaired) electrons. The van der Waals surface area contributed by atoms with E-state index in [-0.39, 0.29) is 18.5 Å². The number of ether oxygens (including phenoxy) is 1. The summed E-state index contributed by atoms with van der Waals surface area (Å²) in [6.07, 6.45) is 2.23. The second kappa shape index (κ2) is 7.72. The van der Waals surface area contributed by atoms with Crippen LogP contribution in [0.2, 0.25) is 0 Å². The first kappa shape index (κ1) is 18.0. The Morgan fingerprint density at radius 3 is 2.54 bits per heavy atom. The van der Waals surface area contributed by atoms with E-state index in [0.717, 1.165) is 29.8 Å². The number of methoxy groups -OCH3 is 1. The third-order valence-electron chi connectivity index (χ3n) is 4.89. The molecule has 2 aromatic carbocycles. The summed E-state index contributed by atoms with van der Waals surface area (Å²) in [4.78, 5) is 27.0. The Bertz CT molecular complexity index is 1000. The van der Waals surface area contributed by atoms with Crippen molar-refractivity contribution < 1.29 is 18.7 Å². The van der Waals surface area contributed by atoms with E-state index in [4.69, 9.17) is 9.26 Å². The number of hydrogen-bond acceptors (Lipinski definition) is 4. The molecule has 0 spiro atoms.